The molecule has 1 saturated heterocycles. The van der Waals surface area contributed by atoms with Crippen molar-refractivity contribution in [2.24, 2.45) is 0 Å². The van der Waals surface area contributed by atoms with Gasteiger partial charge < -0.3 is 9.88 Å². The summed E-state index contributed by atoms with van der Waals surface area (Å²) >= 11 is 0. The molecule has 1 aromatic heterocycles. The van der Waals surface area contributed by atoms with E-state index in [1.165, 1.54) is 16.3 Å². The fourth-order valence-electron chi connectivity index (χ4n) is 4.30. The summed E-state index contributed by atoms with van der Waals surface area (Å²) in [4.78, 5) is 19.1. The van der Waals surface area contributed by atoms with E-state index >= 15 is 0 Å². The highest BCUT2D eigenvalue weighted by molar-refractivity contribution is 5.95. The van der Waals surface area contributed by atoms with Crippen LogP contribution in [0.2, 0.25) is 0 Å². The van der Waals surface area contributed by atoms with E-state index in [-0.39, 0.29) is 5.91 Å². The van der Waals surface area contributed by atoms with Crippen LogP contribution < -0.4 is 5.32 Å². The SMILES string of the molecule is O=C(CN1CCC(n2ccnc2-c2cccc3ccccc23)CC1)NC1CC1. The number of aromatic nitrogens is 2. The van der Waals surface area contributed by atoms with Gasteiger partial charge in [0.15, 0.2) is 0 Å². The molecule has 0 unspecified atom stereocenters. The van der Waals surface area contributed by atoms with Gasteiger partial charge >= 0.3 is 0 Å². The minimum Gasteiger partial charge on any atom is -0.352 e. The van der Waals surface area contributed by atoms with Crippen molar-refractivity contribution in [1.82, 2.24) is 19.8 Å². The van der Waals surface area contributed by atoms with E-state index in [0.717, 1.165) is 44.6 Å². The predicted molar refractivity (Wildman–Crippen MR) is 111 cm³/mol. The maximum absolute atomic E-state index is 12.1. The van der Waals surface area contributed by atoms with Gasteiger partial charge in [-0.15, -0.1) is 0 Å². The number of rotatable bonds is 5. The molecule has 28 heavy (non-hydrogen) atoms. The number of likely N-dealkylation sites (tertiary alicyclic amines) is 1. The zero-order valence-corrected chi connectivity index (χ0v) is 16.1. The Bertz CT molecular complexity index is 978. The first-order chi connectivity index (χ1) is 13.8. The monoisotopic (exact) mass is 374 g/mol. The number of fused-ring (bicyclic) bond motifs is 1. The number of hydrogen-bond acceptors (Lipinski definition) is 3. The molecule has 1 saturated carbocycles. The molecule has 5 rings (SSSR count). The van der Waals surface area contributed by atoms with Gasteiger partial charge in [-0.2, -0.15) is 0 Å². The van der Waals surface area contributed by atoms with Gasteiger partial charge in [0, 0.05) is 43.1 Å². The smallest absolute Gasteiger partial charge is 0.234 e. The summed E-state index contributed by atoms with van der Waals surface area (Å²) in [7, 11) is 0. The Hall–Kier alpha value is -2.66. The van der Waals surface area contributed by atoms with Gasteiger partial charge in [0.05, 0.1) is 6.54 Å². The minimum atomic E-state index is 0.181. The second-order valence-electron chi connectivity index (χ2n) is 8.03. The van der Waals surface area contributed by atoms with Gasteiger partial charge in [-0.1, -0.05) is 42.5 Å². The molecule has 5 heteroatoms. The molecule has 2 aromatic carbocycles. The second kappa shape index (κ2) is 7.40. The van der Waals surface area contributed by atoms with Crippen LogP contribution in [0.5, 0.6) is 0 Å². The summed E-state index contributed by atoms with van der Waals surface area (Å²) in [6, 6.07) is 15.8. The summed E-state index contributed by atoms with van der Waals surface area (Å²) < 4.78 is 2.34. The first-order valence-electron chi connectivity index (χ1n) is 10.3. The third-order valence-corrected chi connectivity index (χ3v) is 5.96. The van der Waals surface area contributed by atoms with Gasteiger partial charge in [-0.3, -0.25) is 9.69 Å². The van der Waals surface area contributed by atoms with Crippen LogP contribution in [-0.4, -0.2) is 46.0 Å². The van der Waals surface area contributed by atoms with Crippen LogP contribution in [-0.2, 0) is 4.79 Å². The Labute approximate surface area is 165 Å². The average molecular weight is 374 g/mol. The zero-order chi connectivity index (χ0) is 18.9. The van der Waals surface area contributed by atoms with Crippen molar-refractivity contribution in [2.75, 3.05) is 19.6 Å². The topological polar surface area (TPSA) is 50.2 Å². The first-order valence-corrected chi connectivity index (χ1v) is 10.3. The molecule has 1 aliphatic carbocycles. The molecule has 1 amide bonds. The summed E-state index contributed by atoms with van der Waals surface area (Å²) in [6.07, 6.45) is 8.40. The van der Waals surface area contributed by atoms with Crippen LogP contribution in [0.25, 0.3) is 22.2 Å². The largest absolute Gasteiger partial charge is 0.352 e. The van der Waals surface area contributed by atoms with E-state index in [9.17, 15) is 4.79 Å². The number of amides is 1. The molecule has 5 nitrogen and oxygen atoms in total. The lowest BCUT2D eigenvalue weighted by atomic mass is 10.0. The Balaban J connectivity index is 1.31. The normalized spacial score (nSPS) is 18.4. The Kier molecular flexibility index (Phi) is 4.61. The number of nitrogens with one attached hydrogen (secondary N) is 1. The van der Waals surface area contributed by atoms with E-state index < -0.39 is 0 Å². The molecule has 144 valence electrons. The van der Waals surface area contributed by atoms with Gasteiger partial charge in [-0.25, -0.2) is 4.98 Å². The molecular weight excluding hydrogens is 348 g/mol. The van der Waals surface area contributed by atoms with Gasteiger partial charge in [0.1, 0.15) is 5.82 Å². The molecule has 2 heterocycles. The highest BCUT2D eigenvalue weighted by Gasteiger charge is 2.27. The first kappa shape index (κ1) is 17.4. The molecule has 2 fully saturated rings. The Morgan fingerprint density at radius 3 is 2.64 bits per heavy atom. The van der Waals surface area contributed by atoms with Crippen molar-refractivity contribution >= 4 is 16.7 Å². The highest BCUT2D eigenvalue weighted by atomic mass is 16.2. The Morgan fingerprint density at radius 1 is 1.04 bits per heavy atom. The van der Waals surface area contributed by atoms with Crippen LogP contribution in [0, 0.1) is 0 Å². The van der Waals surface area contributed by atoms with Gasteiger partial charge in [-0.05, 0) is 36.5 Å². The van der Waals surface area contributed by atoms with Crippen LogP contribution in [0.4, 0.5) is 0 Å². The number of hydrogen-bond donors (Lipinski definition) is 1. The number of imidazole rings is 1. The van der Waals surface area contributed by atoms with Gasteiger partial charge in [0.2, 0.25) is 5.91 Å². The van der Waals surface area contributed by atoms with Crippen molar-refractivity contribution in [3.05, 3.63) is 54.9 Å². The molecule has 0 atom stereocenters. The third-order valence-electron chi connectivity index (χ3n) is 5.96. The number of carbonyl (C=O) groups excluding carboxylic acids is 1. The summed E-state index contributed by atoms with van der Waals surface area (Å²) in [5, 5.41) is 5.58. The lowest BCUT2D eigenvalue weighted by molar-refractivity contribution is -0.122. The third kappa shape index (κ3) is 3.54. The predicted octanol–water partition coefficient (Wildman–Crippen LogP) is 3.62. The lowest BCUT2D eigenvalue weighted by Gasteiger charge is -2.32. The molecule has 0 radical (unpaired) electrons. The van der Waals surface area contributed by atoms with E-state index in [1.807, 2.05) is 6.20 Å². The van der Waals surface area contributed by atoms with Crippen molar-refractivity contribution in [1.29, 1.82) is 0 Å². The summed E-state index contributed by atoms with van der Waals surface area (Å²) in [5.74, 6) is 1.22. The average Bonchev–Trinajstić information content (AvgIpc) is 3.40. The Morgan fingerprint density at radius 2 is 1.82 bits per heavy atom. The van der Waals surface area contributed by atoms with Gasteiger partial charge in [0.25, 0.3) is 0 Å². The number of piperidine rings is 1. The van der Waals surface area contributed by atoms with E-state index in [0.29, 0.717) is 18.6 Å². The van der Waals surface area contributed by atoms with Crippen molar-refractivity contribution in [3.63, 3.8) is 0 Å². The molecule has 0 spiro atoms. The van der Waals surface area contributed by atoms with E-state index in [1.54, 1.807) is 0 Å². The quantitative estimate of drug-likeness (QED) is 0.742. The molecule has 1 aliphatic heterocycles. The highest BCUT2D eigenvalue weighted by Crippen LogP contribution is 2.32. The lowest BCUT2D eigenvalue weighted by Crippen LogP contribution is -2.42. The molecule has 1 N–H and O–H groups in total. The molecule has 3 aromatic rings. The maximum atomic E-state index is 12.1. The summed E-state index contributed by atoms with van der Waals surface area (Å²) in [6.45, 7) is 2.44. The minimum absolute atomic E-state index is 0.181. The van der Waals surface area contributed by atoms with Crippen molar-refractivity contribution < 1.29 is 4.79 Å². The van der Waals surface area contributed by atoms with E-state index in [2.05, 4.69) is 63.4 Å². The van der Waals surface area contributed by atoms with Crippen LogP contribution in [0.3, 0.4) is 0 Å². The molecule has 0 bridgehead atoms. The second-order valence-corrected chi connectivity index (χ2v) is 8.03. The number of benzene rings is 2. The zero-order valence-electron chi connectivity index (χ0n) is 16.1. The number of carbonyl (C=O) groups is 1. The van der Waals surface area contributed by atoms with E-state index in [4.69, 9.17) is 4.98 Å². The fraction of sp³-hybridized carbons (Fsp3) is 0.391. The fourth-order valence-corrected chi connectivity index (χ4v) is 4.30. The number of nitrogens with zero attached hydrogens (tertiary/aromatic N) is 3. The standard InChI is InChI=1S/C23H26N4O/c28-22(25-18-8-9-18)16-26-13-10-19(11-14-26)27-15-12-24-23(27)21-7-3-5-17-4-1-2-6-20(17)21/h1-7,12,15,18-19H,8-11,13-14,16H2,(H,25,28). The van der Waals surface area contributed by atoms with Crippen LogP contribution >= 0.6 is 0 Å². The molecular formula is C23H26N4O. The van der Waals surface area contributed by atoms with Crippen LogP contribution in [0.15, 0.2) is 54.9 Å². The van der Waals surface area contributed by atoms with Crippen LogP contribution in [0.1, 0.15) is 31.7 Å². The van der Waals surface area contributed by atoms with Crippen molar-refractivity contribution in [2.45, 2.75) is 37.8 Å². The maximum Gasteiger partial charge on any atom is 0.234 e. The summed E-state index contributed by atoms with van der Waals surface area (Å²) in [5.41, 5.74) is 1.19. The van der Waals surface area contributed by atoms with Crippen molar-refractivity contribution in [3.8, 4) is 11.4 Å². The molecule has 2 aliphatic rings.